The summed E-state index contributed by atoms with van der Waals surface area (Å²) in [6.07, 6.45) is 0. The van der Waals surface area contributed by atoms with E-state index in [0.717, 1.165) is 0 Å². The van der Waals surface area contributed by atoms with Crippen molar-refractivity contribution in [2.24, 2.45) is 0 Å². The van der Waals surface area contributed by atoms with Gasteiger partial charge in [-0.25, -0.2) is 8.96 Å². The van der Waals surface area contributed by atoms with E-state index >= 15 is 0 Å². The minimum Gasteiger partial charge on any atom is -0.609 e. The first kappa shape index (κ1) is 15.7. The van der Waals surface area contributed by atoms with Crippen molar-refractivity contribution >= 4 is 17.6 Å². The zero-order valence-corrected chi connectivity index (χ0v) is 12.0. The fourth-order valence-electron chi connectivity index (χ4n) is 1.30. The smallest absolute Gasteiger partial charge is 0.539 e. The summed E-state index contributed by atoms with van der Waals surface area (Å²) in [5.74, 6) is -0.672. The molecule has 0 saturated carbocycles. The van der Waals surface area contributed by atoms with Gasteiger partial charge in [0, 0.05) is 5.56 Å². The molecule has 0 unspecified atom stereocenters. The van der Waals surface area contributed by atoms with Crippen LogP contribution >= 0.6 is 6.80 Å². The topological polar surface area (TPSA) is 58.6 Å². The van der Waals surface area contributed by atoms with E-state index in [2.05, 4.69) is 0 Å². The first-order chi connectivity index (χ1) is 8.53. The summed E-state index contributed by atoms with van der Waals surface area (Å²) < 4.78 is 47.5. The third kappa shape index (κ3) is 4.07. The maximum atomic E-state index is 13.4. The van der Waals surface area contributed by atoms with Gasteiger partial charge in [0.05, 0.1) is 24.0 Å². The molecule has 1 aromatic rings. The second-order valence-corrected chi connectivity index (χ2v) is 8.25. The van der Waals surface area contributed by atoms with E-state index in [1.165, 1.54) is 18.2 Å². The average molecular weight is 294 g/mol. The Morgan fingerprint density at radius 2 is 1.83 bits per heavy atom. The number of halogens is 1. The molecule has 0 aliphatic carbocycles. The fraction of sp³-hybridized carbons (Fsp3) is 0.455. The lowest BCUT2D eigenvalue weighted by Gasteiger charge is -2.19. The minimum atomic E-state index is -3.69. The van der Waals surface area contributed by atoms with Crippen LogP contribution in [0.4, 0.5) is 4.39 Å². The predicted octanol–water partition coefficient (Wildman–Crippen LogP) is 3.26. The third-order valence-electron chi connectivity index (χ3n) is 2.06. The summed E-state index contributed by atoms with van der Waals surface area (Å²) in [5.41, 5.74) is 0.232. The number of rotatable bonds is 7. The van der Waals surface area contributed by atoms with Gasteiger partial charge >= 0.3 is 6.80 Å². The first-order valence-electron chi connectivity index (χ1n) is 5.55. The van der Waals surface area contributed by atoms with E-state index in [9.17, 15) is 13.5 Å². The number of hydrogen-bond donors (Lipinski definition) is 0. The molecule has 7 heteroatoms. The molecule has 18 heavy (non-hydrogen) atoms. The van der Waals surface area contributed by atoms with Gasteiger partial charge in [-0.2, -0.15) is 0 Å². The summed E-state index contributed by atoms with van der Waals surface area (Å²) in [7, 11) is -1.91. The largest absolute Gasteiger partial charge is 0.609 e. The summed E-state index contributed by atoms with van der Waals surface area (Å²) in [6.45, 7) is -0.178. The van der Waals surface area contributed by atoms with Crippen LogP contribution in [0, 0.1) is 5.82 Å². The molecule has 0 radical (unpaired) electrons. The Morgan fingerprint density at radius 3 is 2.33 bits per heavy atom. The Hall–Kier alpha value is -0.390. The lowest BCUT2D eigenvalue weighted by molar-refractivity contribution is 0.234. The quantitative estimate of drug-likeness (QED) is 0.572. The normalized spacial score (nSPS) is 13.6. The zero-order valence-electron chi connectivity index (χ0n) is 10.3. The molecule has 4 nitrogen and oxygen atoms in total. The molecule has 102 valence electrons. The molecule has 0 saturated heterocycles. The molecule has 0 N–H and O–H groups in total. The second-order valence-electron chi connectivity index (χ2n) is 3.34. The lowest BCUT2D eigenvalue weighted by Crippen LogP contribution is -2.11. The van der Waals surface area contributed by atoms with Crippen molar-refractivity contribution in [2.75, 3.05) is 13.2 Å². The summed E-state index contributed by atoms with van der Waals surface area (Å²) in [4.78, 5) is 0. The highest BCUT2D eigenvalue weighted by Gasteiger charge is 2.40. The van der Waals surface area contributed by atoms with Crippen LogP contribution in [0.1, 0.15) is 19.4 Å². The molecule has 0 heterocycles. The Balaban J connectivity index is 2.82. The Labute approximate surface area is 109 Å². The molecule has 1 atom stereocenters. The standard InChI is InChI=1S/C11H16FO4PS/c1-3-15-17(13,16-4-2)18(14)9-10-7-5-6-8-11(10)12/h5-8H,3-4,9H2,1-2H3/t18-/m0/s1. The highest BCUT2D eigenvalue weighted by Crippen LogP contribution is 2.55. The van der Waals surface area contributed by atoms with Crippen LogP contribution in [0.2, 0.25) is 0 Å². The van der Waals surface area contributed by atoms with Gasteiger partial charge < -0.3 is 4.55 Å². The molecule has 0 bridgehead atoms. The van der Waals surface area contributed by atoms with E-state index in [0.29, 0.717) is 0 Å². The van der Waals surface area contributed by atoms with Gasteiger partial charge in [0.25, 0.3) is 0 Å². The predicted molar refractivity (Wildman–Crippen MR) is 69.1 cm³/mol. The van der Waals surface area contributed by atoms with Gasteiger partial charge in [-0.15, -0.1) is 0 Å². The minimum absolute atomic E-state index is 0.125. The Morgan fingerprint density at radius 1 is 1.28 bits per heavy atom. The molecule has 0 aromatic heterocycles. The van der Waals surface area contributed by atoms with E-state index in [1.807, 2.05) is 0 Å². The van der Waals surface area contributed by atoms with Crippen molar-refractivity contribution in [1.29, 1.82) is 0 Å². The van der Waals surface area contributed by atoms with E-state index in [4.69, 9.17) is 9.05 Å². The molecular weight excluding hydrogens is 278 g/mol. The van der Waals surface area contributed by atoms with Crippen LogP contribution in [0.5, 0.6) is 0 Å². The summed E-state index contributed by atoms with van der Waals surface area (Å²) in [5, 5.41) is 0. The Bertz CT molecular complexity index is 419. The second kappa shape index (κ2) is 7.26. The third-order valence-corrected chi connectivity index (χ3v) is 6.78. The summed E-state index contributed by atoms with van der Waals surface area (Å²) in [6, 6.07) is 5.92. The zero-order chi connectivity index (χ0) is 13.6. The van der Waals surface area contributed by atoms with Crippen molar-refractivity contribution in [1.82, 2.24) is 0 Å². The van der Waals surface area contributed by atoms with Crippen molar-refractivity contribution in [3.05, 3.63) is 35.6 Å². The fourth-order valence-corrected chi connectivity index (χ4v) is 5.13. The van der Waals surface area contributed by atoms with E-state index in [1.54, 1.807) is 19.9 Å². The maximum absolute atomic E-state index is 13.4. The van der Waals surface area contributed by atoms with Crippen LogP contribution < -0.4 is 0 Å². The molecule has 0 aliphatic heterocycles. The maximum Gasteiger partial charge on any atom is 0.539 e. The van der Waals surface area contributed by atoms with Crippen molar-refractivity contribution in [2.45, 2.75) is 19.6 Å². The van der Waals surface area contributed by atoms with E-state index in [-0.39, 0.29) is 24.5 Å². The first-order valence-corrected chi connectivity index (χ1v) is 9.01. The molecule has 0 aliphatic rings. The van der Waals surface area contributed by atoms with Crippen LogP contribution in [-0.2, 0) is 30.2 Å². The molecular formula is C11H16FO4PS. The van der Waals surface area contributed by atoms with Gasteiger partial charge in [0.1, 0.15) is 11.6 Å². The van der Waals surface area contributed by atoms with Crippen molar-refractivity contribution < 1.29 is 22.6 Å². The molecule has 0 fully saturated rings. The van der Waals surface area contributed by atoms with Crippen LogP contribution in [0.15, 0.2) is 24.3 Å². The SMILES string of the molecule is CCOP(=O)(OCC)[S@+]([O-])Cc1ccccc1F. The van der Waals surface area contributed by atoms with Crippen LogP contribution in [-0.4, -0.2) is 17.8 Å². The number of hydrogen-bond acceptors (Lipinski definition) is 4. The molecule has 0 spiro atoms. The van der Waals surface area contributed by atoms with Gasteiger partial charge in [0.2, 0.25) is 0 Å². The summed E-state index contributed by atoms with van der Waals surface area (Å²) >= 11 is 0. The highest BCUT2D eigenvalue weighted by molar-refractivity contribution is 8.49. The lowest BCUT2D eigenvalue weighted by atomic mass is 10.2. The average Bonchev–Trinajstić information content (AvgIpc) is 2.32. The van der Waals surface area contributed by atoms with Crippen LogP contribution in [0.3, 0.4) is 0 Å². The monoisotopic (exact) mass is 294 g/mol. The van der Waals surface area contributed by atoms with Gasteiger partial charge in [0.15, 0.2) is 0 Å². The molecule has 1 aromatic carbocycles. The van der Waals surface area contributed by atoms with Crippen LogP contribution in [0.25, 0.3) is 0 Å². The van der Waals surface area contributed by atoms with Crippen molar-refractivity contribution in [3.8, 4) is 0 Å². The van der Waals surface area contributed by atoms with E-state index < -0.39 is 23.4 Å². The van der Waals surface area contributed by atoms with Gasteiger partial charge in [-0.3, -0.25) is 9.05 Å². The highest BCUT2D eigenvalue weighted by atomic mass is 32.8. The van der Waals surface area contributed by atoms with Crippen molar-refractivity contribution in [3.63, 3.8) is 0 Å². The Kier molecular flexibility index (Phi) is 6.32. The molecule has 1 rings (SSSR count). The van der Waals surface area contributed by atoms with Gasteiger partial charge in [-0.1, -0.05) is 18.2 Å². The number of benzene rings is 1. The van der Waals surface area contributed by atoms with Gasteiger partial charge in [-0.05, 0) is 19.9 Å². The molecule has 0 amide bonds.